The fourth-order valence-corrected chi connectivity index (χ4v) is 4.19. The van der Waals surface area contributed by atoms with Crippen molar-refractivity contribution in [1.29, 1.82) is 0 Å². The summed E-state index contributed by atoms with van der Waals surface area (Å²) in [5, 5.41) is 5.78. The Labute approximate surface area is 201 Å². The molecule has 9 nitrogen and oxygen atoms in total. The smallest absolute Gasteiger partial charge is 0.253 e. The maximum absolute atomic E-state index is 13.4. The van der Waals surface area contributed by atoms with Gasteiger partial charge in [0.05, 0.1) is 22.3 Å². The van der Waals surface area contributed by atoms with E-state index in [9.17, 15) is 9.59 Å². The SMILES string of the molecule is CC(=O)Nc1cc(C(=O)NCCc2cn3cccnc3n2)c2c(c1)nc(C)n2Cc1ccccc1. The van der Waals surface area contributed by atoms with Gasteiger partial charge in [-0.25, -0.2) is 15.0 Å². The Bertz CT molecular complexity index is 1500. The van der Waals surface area contributed by atoms with Gasteiger partial charge in [0.25, 0.3) is 5.91 Å². The van der Waals surface area contributed by atoms with Crippen LogP contribution in [0.1, 0.15) is 34.4 Å². The maximum Gasteiger partial charge on any atom is 0.253 e. The summed E-state index contributed by atoms with van der Waals surface area (Å²) in [4.78, 5) is 38.5. The molecule has 0 spiro atoms. The van der Waals surface area contributed by atoms with Gasteiger partial charge in [0.1, 0.15) is 5.82 Å². The Kier molecular flexibility index (Phi) is 5.97. The van der Waals surface area contributed by atoms with E-state index in [2.05, 4.69) is 25.6 Å². The summed E-state index contributed by atoms with van der Waals surface area (Å²) in [6.45, 7) is 4.34. The number of imidazole rings is 2. The van der Waals surface area contributed by atoms with Gasteiger partial charge in [0, 0.05) is 50.7 Å². The van der Waals surface area contributed by atoms with Crippen molar-refractivity contribution in [2.75, 3.05) is 11.9 Å². The number of anilines is 1. The Morgan fingerprint density at radius 1 is 1.06 bits per heavy atom. The summed E-state index contributed by atoms with van der Waals surface area (Å²) in [6.07, 6.45) is 6.05. The lowest BCUT2D eigenvalue weighted by molar-refractivity contribution is -0.114. The second-order valence-corrected chi connectivity index (χ2v) is 8.37. The zero-order chi connectivity index (χ0) is 24.4. The van der Waals surface area contributed by atoms with Crippen LogP contribution in [0.4, 0.5) is 5.69 Å². The lowest BCUT2D eigenvalue weighted by Gasteiger charge is -2.13. The van der Waals surface area contributed by atoms with E-state index in [1.165, 1.54) is 6.92 Å². The Morgan fingerprint density at radius 3 is 2.66 bits per heavy atom. The lowest BCUT2D eigenvalue weighted by atomic mass is 10.1. The van der Waals surface area contributed by atoms with Crippen LogP contribution in [-0.4, -0.2) is 42.3 Å². The van der Waals surface area contributed by atoms with Crippen LogP contribution in [0.3, 0.4) is 0 Å². The van der Waals surface area contributed by atoms with E-state index in [-0.39, 0.29) is 11.8 Å². The summed E-state index contributed by atoms with van der Waals surface area (Å²) < 4.78 is 3.88. The number of hydrogen-bond acceptors (Lipinski definition) is 5. The molecule has 0 radical (unpaired) electrons. The van der Waals surface area contributed by atoms with Crippen molar-refractivity contribution >= 4 is 34.3 Å². The van der Waals surface area contributed by atoms with Gasteiger partial charge in [-0.2, -0.15) is 0 Å². The largest absolute Gasteiger partial charge is 0.352 e. The minimum atomic E-state index is -0.238. The summed E-state index contributed by atoms with van der Waals surface area (Å²) in [7, 11) is 0. The molecule has 3 heterocycles. The minimum Gasteiger partial charge on any atom is -0.352 e. The van der Waals surface area contributed by atoms with E-state index in [0.717, 1.165) is 22.6 Å². The molecule has 3 aromatic heterocycles. The molecule has 0 aliphatic carbocycles. The van der Waals surface area contributed by atoms with Crippen molar-refractivity contribution < 1.29 is 9.59 Å². The van der Waals surface area contributed by atoms with E-state index in [1.54, 1.807) is 18.3 Å². The third kappa shape index (κ3) is 4.74. The van der Waals surface area contributed by atoms with Crippen LogP contribution in [0.15, 0.2) is 67.1 Å². The highest BCUT2D eigenvalue weighted by Crippen LogP contribution is 2.26. The summed E-state index contributed by atoms with van der Waals surface area (Å²) >= 11 is 0. The molecule has 2 aromatic carbocycles. The van der Waals surface area contributed by atoms with Crippen molar-refractivity contribution in [3.63, 3.8) is 0 Å². The molecule has 0 bridgehead atoms. The Balaban J connectivity index is 1.44. The number of nitrogens with one attached hydrogen (secondary N) is 2. The molecule has 5 rings (SSSR count). The lowest BCUT2D eigenvalue weighted by Crippen LogP contribution is -2.26. The zero-order valence-corrected chi connectivity index (χ0v) is 19.5. The minimum absolute atomic E-state index is 0.211. The van der Waals surface area contributed by atoms with E-state index in [4.69, 9.17) is 0 Å². The number of rotatable bonds is 7. The number of aryl methyl sites for hydroxylation is 1. The number of aromatic nitrogens is 5. The van der Waals surface area contributed by atoms with Crippen molar-refractivity contribution in [1.82, 2.24) is 29.2 Å². The predicted molar refractivity (Wildman–Crippen MR) is 133 cm³/mol. The predicted octanol–water partition coefficient (Wildman–Crippen LogP) is 3.37. The first-order valence-corrected chi connectivity index (χ1v) is 11.4. The summed E-state index contributed by atoms with van der Waals surface area (Å²) in [5.41, 5.74) is 4.32. The van der Waals surface area contributed by atoms with Crippen molar-refractivity contribution in [3.8, 4) is 0 Å². The van der Waals surface area contributed by atoms with Crippen LogP contribution < -0.4 is 10.6 Å². The number of carbonyl (C=O) groups excluding carboxylic acids is 2. The molecule has 0 fully saturated rings. The topological polar surface area (TPSA) is 106 Å². The molecule has 9 heteroatoms. The van der Waals surface area contributed by atoms with Gasteiger partial charge in [0.2, 0.25) is 11.7 Å². The molecule has 0 aliphatic rings. The molecule has 0 atom stereocenters. The Morgan fingerprint density at radius 2 is 1.89 bits per heavy atom. The van der Waals surface area contributed by atoms with Gasteiger partial charge in [-0.15, -0.1) is 0 Å². The van der Waals surface area contributed by atoms with Crippen molar-refractivity contribution in [3.05, 3.63) is 89.8 Å². The summed E-state index contributed by atoms with van der Waals surface area (Å²) in [6, 6.07) is 15.4. The molecule has 5 aromatic rings. The molecule has 176 valence electrons. The molecule has 0 saturated heterocycles. The van der Waals surface area contributed by atoms with Crippen LogP contribution in [-0.2, 0) is 17.8 Å². The average Bonchev–Trinajstić information content (AvgIpc) is 3.39. The monoisotopic (exact) mass is 467 g/mol. The van der Waals surface area contributed by atoms with Gasteiger partial charge in [0.15, 0.2) is 0 Å². The van der Waals surface area contributed by atoms with Crippen LogP contribution >= 0.6 is 0 Å². The van der Waals surface area contributed by atoms with E-state index in [1.807, 2.05) is 64.7 Å². The van der Waals surface area contributed by atoms with Gasteiger partial charge >= 0.3 is 0 Å². The average molecular weight is 468 g/mol. The van der Waals surface area contributed by atoms with Crippen molar-refractivity contribution in [2.24, 2.45) is 0 Å². The number of amides is 2. The highest BCUT2D eigenvalue weighted by atomic mass is 16.2. The highest BCUT2D eigenvalue weighted by Gasteiger charge is 2.19. The van der Waals surface area contributed by atoms with Crippen LogP contribution in [0.2, 0.25) is 0 Å². The quantitative estimate of drug-likeness (QED) is 0.382. The maximum atomic E-state index is 13.4. The first-order chi connectivity index (χ1) is 17.0. The van der Waals surface area contributed by atoms with E-state index < -0.39 is 0 Å². The molecule has 35 heavy (non-hydrogen) atoms. The Hall–Kier alpha value is -4.53. The van der Waals surface area contributed by atoms with E-state index >= 15 is 0 Å². The number of nitrogens with zero attached hydrogens (tertiary/aromatic N) is 5. The molecule has 0 unspecified atom stereocenters. The number of carbonyl (C=O) groups is 2. The highest BCUT2D eigenvalue weighted by molar-refractivity contribution is 6.07. The fourth-order valence-electron chi connectivity index (χ4n) is 4.19. The van der Waals surface area contributed by atoms with Gasteiger partial charge in [-0.05, 0) is 30.7 Å². The fraction of sp³-hybridized carbons (Fsp3) is 0.192. The van der Waals surface area contributed by atoms with Crippen LogP contribution in [0, 0.1) is 6.92 Å². The zero-order valence-electron chi connectivity index (χ0n) is 19.5. The molecular formula is C26H25N7O2. The molecule has 2 amide bonds. The van der Waals surface area contributed by atoms with Gasteiger partial charge in [-0.3, -0.25) is 14.0 Å². The third-order valence-corrected chi connectivity index (χ3v) is 5.73. The normalized spacial score (nSPS) is 11.1. The molecule has 0 aliphatic heterocycles. The molecule has 0 saturated carbocycles. The molecule has 2 N–H and O–H groups in total. The first kappa shape index (κ1) is 22.3. The van der Waals surface area contributed by atoms with Gasteiger partial charge < -0.3 is 15.2 Å². The number of benzene rings is 2. The third-order valence-electron chi connectivity index (χ3n) is 5.73. The van der Waals surface area contributed by atoms with Crippen molar-refractivity contribution in [2.45, 2.75) is 26.8 Å². The standard InChI is InChI=1S/C26H25N7O2/c1-17-29-23-14-21(30-18(2)34)13-22(24(23)33(17)15-19-7-4-3-5-8-19)25(35)27-11-9-20-16-32-12-6-10-28-26(32)31-20/h3-8,10,12-14,16H,9,11,15H2,1-2H3,(H,27,35)(H,30,34). The van der Waals surface area contributed by atoms with Crippen LogP contribution in [0.5, 0.6) is 0 Å². The molecular weight excluding hydrogens is 442 g/mol. The second kappa shape index (κ2) is 9.38. The number of hydrogen-bond donors (Lipinski definition) is 2. The van der Waals surface area contributed by atoms with Gasteiger partial charge in [-0.1, -0.05) is 30.3 Å². The van der Waals surface area contributed by atoms with Crippen LogP contribution in [0.25, 0.3) is 16.8 Å². The second-order valence-electron chi connectivity index (χ2n) is 8.37. The van der Waals surface area contributed by atoms with E-state index in [0.29, 0.717) is 42.1 Å². The number of fused-ring (bicyclic) bond motifs is 2. The summed E-state index contributed by atoms with van der Waals surface area (Å²) in [5.74, 6) is 0.962. The first-order valence-electron chi connectivity index (χ1n) is 11.4.